The third kappa shape index (κ3) is 3.93. The Morgan fingerprint density at radius 2 is 1.88 bits per heavy atom. The molecule has 0 fully saturated rings. The summed E-state index contributed by atoms with van der Waals surface area (Å²) >= 11 is 0. The van der Waals surface area contributed by atoms with Crippen molar-refractivity contribution < 1.29 is 18.0 Å². The SMILES string of the molecule is Cc1nc(C)c(C(=O)Nc2ccc(F)c(-c3cn4cc(-c5cccc(F)n5)cnc4n3)c2)o1. The number of carbonyl (C=O) groups is 1. The van der Waals surface area contributed by atoms with E-state index in [2.05, 4.69) is 25.3 Å². The van der Waals surface area contributed by atoms with Crippen molar-refractivity contribution in [1.29, 1.82) is 0 Å². The summed E-state index contributed by atoms with van der Waals surface area (Å²) in [6.45, 7) is 3.31. The van der Waals surface area contributed by atoms with Crippen molar-refractivity contribution in [2.45, 2.75) is 13.8 Å². The molecule has 0 aliphatic carbocycles. The van der Waals surface area contributed by atoms with E-state index in [0.717, 1.165) is 0 Å². The molecule has 1 amide bonds. The molecule has 0 aliphatic heterocycles. The Morgan fingerprint density at radius 1 is 1.03 bits per heavy atom. The first-order chi connectivity index (χ1) is 15.9. The van der Waals surface area contributed by atoms with Gasteiger partial charge in [-0.05, 0) is 37.3 Å². The monoisotopic (exact) mass is 446 g/mol. The molecule has 4 heterocycles. The Balaban J connectivity index is 1.48. The van der Waals surface area contributed by atoms with E-state index < -0.39 is 17.7 Å². The summed E-state index contributed by atoms with van der Waals surface area (Å²) in [6.07, 6.45) is 4.79. The second-order valence-corrected chi connectivity index (χ2v) is 7.32. The first kappa shape index (κ1) is 20.4. The average molecular weight is 446 g/mol. The third-order valence-corrected chi connectivity index (χ3v) is 4.93. The Kier molecular flexibility index (Phi) is 4.89. The van der Waals surface area contributed by atoms with E-state index in [1.807, 2.05) is 0 Å². The highest BCUT2D eigenvalue weighted by Gasteiger charge is 2.18. The minimum atomic E-state index is -0.601. The van der Waals surface area contributed by atoms with Crippen LogP contribution in [0.5, 0.6) is 0 Å². The van der Waals surface area contributed by atoms with Crippen molar-refractivity contribution in [3.63, 3.8) is 0 Å². The number of hydrogen-bond acceptors (Lipinski definition) is 6. The summed E-state index contributed by atoms with van der Waals surface area (Å²) in [4.78, 5) is 29.1. The van der Waals surface area contributed by atoms with Gasteiger partial charge < -0.3 is 9.73 Å². The van der Waals surface area contributed by atoms with E-state index >= 15 is 0 Å². The average Bonchev–Trinajstić information content (AvgIpc) is 3.36. The molecule has 1 aromatic carbocycles. The van der Waals surface area contributed by atoms with Crippen LogP contribution in [0.15, 0.2) is 59.4 Å². The Bertz CT molecular complexity index is 1520. The van der Waals surface area contributed by atoms with Crippen LogP contribution in [-0.4, -0.2) is 30.2 Å². The molecule has 0 spiro atoms. The van der Waals surface area contributed by atoms with Crippen molar-refractivity contribution in [3.8, 4) is 22.5 Å². The zero-order valence-corrected chi connectivity index (χ0v) is 17.5. The first-order valence-corrected chi connectivity index (χ1v) is 9.90. The molecule has 164 valence electrons. The molecule has 0 unspecified atom stereocenters. The van der Waals surface area contributed by atoms with Gasteiger partial charge >= 0.3 is 0 Å². The maximum atomic E-state index is 14.6. The standard InChI is InChI=1S/C23H16F2N6O2/c1-12-21(33-13(2)27-12)22(32)28-15-6-7-17(24)16(8-15)19-11-31-10-14(9-26-23(31)30-19)18-4-3-5-20(25)29-18/h3-11H,1-2H3,(H,28,32). The number of aryl methyl sites for hydroxylation is 2. The summed E-state index contributed by atoms with van der Waals surface area (Å²) in [5, 5.41) is 2.69. The van der Waals surface area contributed by atoms with Gasteiger partial charge in [-0.1, -0.05) is 6.07 Å². The topological polar surface area (TPSA) is 98.2 Å². The quantitative estimate of drug-likeness (QED) is 0.406. The molecule has 33 heavy (non-hydrogen) atoms. The second kappa shape index (κ2) is 7.90. The number of amides is 1. The summed E-state index contributed by atoms with van der Waals surface area (Å²) < 4.78 is 35.0. The van der Waals surface area contributed by atoms with Gasteiger partial charge in [-0.3, -0.25) is 9.20 Å². The number of rotatable bonds is 4. The number of fused-ring (bicyclic) bond motifs is 1. The molecular formula is C23H16F2N6O2. The number of anilines is 1. The minimum absolute atomic E-state index is 0.0915. The number of nitrogens with zero attached hydrogens (tertiary/aromatic N) is 5. The largest absolute Gasteiger partial charge is 0.436 e. The van der Waals surface area contributed by atoms with Crippen LogP contribution in [0, 0.1) is 25.6 Å². The van der Waals surface area contributed by atoms with Gasteiger partial charge in [-0.15, -0.1) is 0 Å². The maximum Gasteiger partial charge on any atom is 0.293 e. The van der Waals surface area contributed by atoms with Crippen LogP contribution in [-0.2, 0) is 0 Å². The second-order valence-electron chi connectivity index (χ2n) is 7.32. The molecule has 8 nitrogen and oxygen atoms in total. The highest BCUT2D eigenvalue weighted by Crippen LogP contribution is 2.27. The summed E-state index contributed by atoms with van der Waals surface area (Å²) in [7, 11) is 0. The summed E-state index contributed by atoms with van der Waals surface area (Å²) in [6, 6.07) is 8.62. The lowest BCUT2D eigenvalue weighted by Gasteiger charge is -2.06. The maximum absolute atomic E-state index is 14.6. The fourth-order valence-electron chi connectivity index (χ4n) is 3.45. The predicted molar refractivity (Wildman–Crippen MR) is 116 cm³/mol. The number of hydrogen-bond donors (Lipinski definition) is 1. The normalized spacial score (nSPS) is 11.2. The number of benzene rings is 1. The van der Waals surface area contributed by atoms with E-state index in [9.17, 15) is 13.6 Å². The first-order valence-electron chi connectivity index (χ1n) is 9.90. The van der Waals surface area contributed by atoms with E-state index in [0.29, 0.717) is 40.0 Å². The van der Waals surface area contributed by atoms with Crippen LogP contribution in [0.4, 0.5) is 14.5 Å². The summed E-state index contributed by atoms with van der Waals surface area (Å²) in [5.41, 5.74) is 2.29. The molecule has 10 heteroatoms. The van der Waals surface area contributed by atoms with Crippen LogP contribution in [0.3, 0.4) is 0 Å². The highest BCUT2D eigenvalue weighted by atomic mass is 19.1. The van der Waals surface area contributed by atoms with Crippen LogP contribution in [0.25, 0.3) is 28.3 Å². The van der Waals surface area contributed by atoms with Gasteiger partial charge in [0, 0.05) is 42.3 Å². The molecule has 0 atom stereocenters. The van der Waals surface area contributed by atoms with Crippen molar-refractivity contribution >= 4 is 17.4 Å². The van der Waals surface area contributed by atoms with E-state index in [1.165, 1.54) is 30.5 Å². The fraction of sp³-hybridized carbons (Fsp3) is 0.0870. The van der Waals surface area contributed by atoms with Gasteiger partial charge in [0.15, 0.2) is 5.89 Å². The summed E-state index contributed by atoms with van der Waals surface area (Å²) in [5.74, 6) is -0.816. The van der Waals surface area contributed by atoms with E-state index in [4.69, 9.17) is 4.42 Å². The minimum Gasteiger partial charge on any atom is -0.436 e. The molecule has 0 aliphatic rings. The van der Waals surface area contributed by atoms with Crippen LogP contribution in [0.2, 0.25) is 0 Å². The van der Waals surface area contributed by atoms with Crippen molar-refractivity contribution in [2.75, 3.05) is 5.32 Å². The predicted octanol–water partition coefficient (Wildman–Crippen LogP) is 4.59. The van der Waals surface area contributed by atoms with Gasteiger partial charge in [0.25, 0.3) is 5.91 Å². The molecule has 0 saturated carbocycles. The number of halogens is 2. The van der Waals surface area contributed by atoms with Gasteiger partial charge in [0.1, 0.15) is 5.82 Å². The third-order valence-electron chi connectivity index (χ3n) is 4.93. The number of pyridine rings is 1. The van der Waals surface area contributed by atoms with Crippen LogP contribution < -0.4 is 5.32 Å². The zero-order valence-electron chi connectivity index (χ0n) is 17.5. The Labute approximate surface area is 186 Å². The van der Waals surface area contributed by atoms with Gasteiger partial charge in [-0.25, -0.2) is 24.3 Å². The molecule has 5 rings (SSSR count). The smallest absolute Gasteiger partial charge is 0.293 e. The van der Waals surface area contributed by atoms with E-state index in [-0.39, 0.29) is 11.3 Å². The molecule has 5 aromatic rings. The van der Waals surface area contributed by atoms with Crippen molar-refractivity contribution in [2.24, 2.45) is 0 Å². The number of aromatic nitrogens is 5. The lowest BCUT2D eigenvalue weighted by molar-refractivity contribution is 0.0994. The number of oxazole rings is 1. The molecule has 4 aromatic heterocycles. The number of imidazole rings is 1. The van der Waals surface area contributed by atoms with Gasteiger partial charge in [0.05, 0.1) is 17.1 Å². The van der Waals surface area contributed by atoms with E-state index in [1.54, 1.807) is 42.8 Å². The Hall–Kier alpha value is -4.47. The lowest BCUT2D eigenvalue weighted by Crippen LogP contribution is -2.12. The molecule has 0 bridgehead atoms. The molecule has 1 N–H and O–H groups in total. The molecular weight excluding hydrogens is 430 g/mol. The molecule has 0 saturated heterocycles. The fourth-order valence-corrected chi connectivity index (χ4v) is 3.45. The highest BCUT2D eigenvalue weighted by molar-refractivity contribution is 6.03. The van der Waals surface area contributed by atoms with Gasteiger partial charge in [0.2, 0.25) is 17.5 Å². The van der Waals surface area contributed by atoms with Crippen molar-refractivity contribution in [3.05, 3.63) is 84.1 Å². The number of carbonyl (C=O) groups excluding carboxylic acids is 1. The lowest BCUT2D eigenvalue weighted by atomic mass is 10.1. The van der Waals surface area contributed by atoms with Crippen molar-refractivity contribution in [1.82, 2.24) is 24.3 Å². The van der Waals surface area contributed by atoms with Crippen LogP contribution in [0.1, 0.15) is 22.1 Å². The number of nitrogens with one attached hydrogen (secondary N) is 1. The zero-order chi connectivity index (χ0) is 23.1. The Morgan fingerprint density at radius 3 is 2.64 bits per heavy atom. The molecule has 0 radical (unpaired) electrons. The van der Waals surface area contributed by atoms with Crippen LogP contribution >= 0.6 is 0 Å². The van der Waals surface area contributed by atoms with Gasteiger partial charge in [-0.2, -0.15) is 4.39 Å².